The number of aromatic nitrogens is 3. The van der Waals surface area contributed by atoms with Gasteiger partial charge in [-0.25, -0.2) is 4.68 Å². The molecule has 5 rings (SSSR count). The predicted octanol–water partition coefficient (Wildman–Crippen LogP) is 4.94. The van der Waals surface area contributed by atoms with Crippen molar-refractivity contribution in [3.05, 3.63) is 90.1 Å². The predicted molar refractivity (Wildman–Crippen MR) is 127 cm³/mol. The first-order valence-electron chi connectivity index (χ1n) is 11.3. The summed E-state index contributed by atoms with van der Waals surface area (Å²) in [5, 5.41) is 7.48. The Bertz CT molecular complexity index is 1220. The van der Waals surface area contributed by atoms with Crippen molar-refractivity contribution in [2.45, 2.75) is 32.4 Å². The van der Waals surface area contributed by atoms with Crippen LogP contribution in [-0.2, 0) is 6.54 Å². The lowest BCUT2D eigenvalue weighted by atomic mass is 10.0. The summed E-state index contributed by atoms with van der Waals surface area (Å²) in [6.45, 7) is 4.83. The number of carbonyl (C=O) groups is 1. The molecule has 0 bridgehead atoms. The molecule has 33 heavy (non-hydrogen) atoms. The van der Waals surface area contributed by atoms with Crippen molar-refractivity contribution in [3.63, 3.8) is 0 Å². The van der Waals surface area contributed by atoms with E-state index < -0.39 is 0 Å². The molecule has 4 aromatic rings. The number of benzene rings is 1. The molecule has 0 saturated carbocycles. The number of likely N-dealkylation sites (tertiary alicyclic amines) is 1. The number of furan rings is 1. The second-order valence-corrected chi connectivity index (χ2v) is 8.47. The number of pyridine rings is 1. The lowest BCUT2D eigenvalue weighted by Crippen LogP contribution is -2.35. The molecule has 1 amide bonds. The van der Waals surface area contributed by atoms with Gasteiger partial charge in [-0.05, 0) is 55.7 Å². The van der Waals surface area contributed by atoms with Crippen LogP contribution in [0.3, 0.4) is 0 Å². The summed E-state index contributed by atoms with van der Waals surface area (Å²) in [6, 6.07) is 18.2. The van der Waals surface area contributed by atoms with Gasteiger partial charge < -0.3 is 9.73 Å². The number of nitrogens with zero attached hydrogens (tertiary/aromatic N) is 4. The lowest BCUT2D eigenvalue weighted by molar-refractivity contribution is 0.102. The van der Waals surface area contributed by atoms with Gasteiger partial charge in [-0.2, -0.15) is 5.10 Å². The van der Waals surface area contributed by atoms with Gasteiger partial charge in [0.2, 0.25) is 0 Å². The van der Waals surface area contributed by atoms with Crippen molar-refractivity contribution >= 4 is 11.7 Å². The summed E-state index contributed by atoms with van der Waals surface area (Å²) in [5.41, 5.74) is 2.93. The van der Waals surface area contributed by atoms with Crippen molar-refractivity contribution in [1.82, 2.24) is 19.7 Å². The first-order chi connectivity index (χ1) is 16.2. The number of aryl methyl sites for hydroxylation is 1. The van der Waals surface area contributed by atoms with Crippen molar-refractivity contribution < 1.29 is 9.21 Å². The fraction of sp³-hybridized carbons (Fsp3) is 0.269. The molecule has 1 N–H and O–H groups in total. The monoisotopic (exact) mass is 441 g/mol. The zero-order chi connectivity index (χ0) is 22.6. The van der Waals surface area contributed by atoms with Crippen LogP contribution in [0.4, 0.5) is 5.82 Å². The molecule has 0 atom stereocenters. The Morgan fingerprint density at radius 3 is 2.73 bits per heavy atom. The summed E-state index contributed by atoms with van der Waals surface area (Å²) in [4.78, 5) is 19.0. The second-order valence-electron chi connectivity index (χ2n) is 8.47. The Labute approximate surface area is 193 Å². The first-order valence-corrected chi connectivity index (χ1v) is 11.3. The van der Waals surface area contributed by atoms with E-state index in [1.807, 2.05) is 29.8 Å². The molecule has 168 valence electrons. The number of hydrogen-bond acceptors (Lipinski definition) is 5. The van der Waals surface area contributed by atoms with E-state index >= 15 is 0 Å². The maximum Gasteiger partial charge on any atom is 0.258 e. The summed E-state index contributed by atoms with van der Waals surface area (Å²) < 4.78 is 7.73. The zero-order valence-electron chi connectivity index (χ0n) is 18.6. The average Bonchev–Trinajstić information content (AvgIpc) is 3.49. The molecule has 1 aliphatic heterocycles. The van der Waals surface area contributed by atoms with Crippen LogP contribution in [0, 0.1) is 6.92 Å². The normalized spacial score (nSPS) is 14.9. The average molecular weight is 442 g/mol. The molecule has 3 aromatic heterocycles. The van der Waals surface area contributed by atoms with E-state index in [1.54, 1.807) is 30.7 Å². The van der Waals surface area contributed by atoms with Crippen LogP contribution < -0.4 is 5.32 Å². The fourth-order valence-corrected chi connectivity index (χ4v) is 4.38. The molecular weight excluding hydrogens is 414 g/mol. The van der Waals surface area contributed by atoms with Crippen molar-refractivity contribution in [2.75, 3.05) is 18.4 Å². The third-order valence-electron chi connectivity index (χ3n) is 6.10. The molecule has 0 aliphatic carbocycles. The van der Waals surface area contributed by atoms with Crippen molar-refractivity contribution in [2.24, 2.45) is 0 Å². The second kappa shape index (κ2) is 9.42. The van der Waals surface area contributed by atoms with Gasteiger partial charge in [-0.15, -0.1) is 0 Å². The molecule has 0 unspecified atom stereocenters. The third kappa shape index (κ3) is 4.88. The molecule has 1 saturated heterocycles. The minimum Gasteiger partial charge on any atom is -0.461 e. The van der Waals surface area contributed by atoms with Crippen molar-refractivity contribution in [1.29, 1.82) is 0 Å². The van der Waals surface area contributed by atoms with E-state index in [-0.39, 0.29) is 11.9 Å². The smallest absolute Gasteiger partial charge is 0.258 e. The molecule has 7 heteroatoms. The summed E-state index contributed by atoms with van der Waals surface area (Å²) in [7, 11) is 0. The van der Waals surface area contributed by atoms with Gasteiger partial charge in [0.25, 0.3) is 5.91 Å². The largest absolute Gasteiger partial charge is 0.461 e. The van der Waals surface area contributed by atoms with Crippen LogP contribution in [0.1, 0.15) is 40.6 Å². The molecular formula is C26H27N5O2. The standard InChI is InChI=1S/C26H27N5O2/c1-19-7-8-24(33-19)21-5-2-4-20(16-21)18-30-14-10-23(11-15-30)31-25(9-13-28-31)29-26(32)22-6-3-12-27-17-22/h2-9,12-13,16-17,23H,10-11,14-15,18H2,1H3,(H,29,32). The number of hydrogen-bond donors (Lipinski definition) is 1. The number of anilines is 1. The summed E-state index contributed by atoms with van der Waals surface area (Å²) >= 11 is 0. The van der Waals surface area contributed by atoms with Crippen LogP contribution in [0.2, 0.25) is 0 Å². The molecule has 1 aliphatic rings. The summed E-state index contributed by atoms with van der Waals surface area (Å²) in [5.74, 6) is 2.39. The Kier molecular flexibility index (Phi) is 6.04. The number of rotatable bonds is 6. The van der Waals surface area contributed by atoms with E-state index in [4.69, 9.17) is 4.42 Å². The fourth-order valence-electron chi connectivity index (χ4n) is 4.38. The molecule has 0 radical (unpaired) electrons. The highest BCUT2D eigenvalue weighted by Gasteiger charge is 2.23. The molecule has 1 fully saturated rings. The van der Waals surface area contributed by atoms with E-state index in [0.29, 0.717) is 5.56 Å². The first kappa shape index (κ1) is 21.2. The van der Waals surface area contributed by atoms with Gasteiger partial charge in [0.1, 0.15) is 17.3 Å². The number of piperidine rings is 1. The SMILES string of the molecule is Cc1ccc(-c2cccc(CN3CCC(n4nccc4NC(=O)c4cccnc4)CC3)c2)o1. The third-order valence-corrected chi connectivity index (χ3v) is 6.10. The quantitative estimate of drug-likeness (QED) is 0.459. The lowest BCUT2D eigenvalue weighted by Gasteiger charge is -2.32. The molecule has 0 spiro atoms. The number of amides is 1. The Balaban J connectivity index is 1.19. The minimum absolute atomic E-state index is 0.172. The van der Waals surface area contributed by atoms with Crippen molar-refractivity contribution in [3.8, 4) is 11.3 Å². The van der Waals surface area contributed by atoms with E-state index in [1.165, 1.54) is 5.56 Å². The van der Waals surface area contributed by atoms with Crippen LogP contribution in [0.5, 0.6) is 0 Å². The Morgan fingerprint density at radius 2 is 1.97 bits per heavy atom. The van der Waals surface area contributed by atoms with Crippen LogP contribution >= 0.6 is 0 Å². The minimum atomic E-state index is -0.172. The highest BCUT2D eigenvalue weighted by Crippen LogP contribution is 2.28. The molecule has 1 aromatic carbocycles. The van der Waals surface area contributed by atoms with E-state index in [0.717, 1.165) is 55.4 Å². The number of carbonyl (C=O) groups excluding carboxylic acids is 1. The number of nitrogens with one attached hydrogen (secondary N) is 1. The maximum absolute atomic E-state index is 12.5. The van der Waals surface area contributed by atoms with Gasteiger partial charge in [0, 0.05) is 43.7 Å². The van der Waals surface area contributed by atoms with Crippen LogP contribution in [0.15, 0.2) is 77.6 Å². The van der Waals surface area contributed by atoms with E-state index in [2.05, 4.69) is 44.6 Å². The Morgan fingerprint density at radius 1 is 1.09 bits per heavy atom. The van der Waals surface area contributed by atoms with Gasteiger partial charge in [0.05, 0.1) is 17.8 Å². The topological polar surface area (TPSA) is 76.2 Å². The highest BCUT2D eigenvalue weighted by atomic mass is 16.3. The van der Waals surface area contributed by atoms with E-state index in [9.17, 15) is 4.79 Å². The Hall–Kier alpha value is -3.71. The highest BCUT2D eigenvalue weighted by molar-refractivity contribution is 6.03. The van der Waals surface area contributed by atoms with Gasteiger partial charge >= 0.3 is 0 Å². The van der Waals surface area contributed by atoms with Crippen LogP contribution in [0.25, 0.3) is 11.3 Å². The van der Waals surface area contributed by atoms with Gasteiger partial charge in [-0.3, -0.25) is 14.7 Å². The molecule has 4 heterocycles. The molecule has 7 nitrogen and oxygen atoms in total. The summed E-state index contributed by atoms with van der Waals surface area (Å²) in [6.07, 6.45) is 6.93. The van der Waals surface area contributed by atoms with Gasteiger partial charge in [-0.1, -0.05) is 18.2 Å². The van der Waals surface area contributed by atoms with Crippen LogP contribution in [-0.4, -0.2) is 38.7 Å². The van der Waals surface area contributed by atoms with Gasteiger partial charge in [0.15, 0.2) is 0 Å². The zero-order valence-corrected chi connectivity index (χ0v) is 18.6. The maximum atomic E-state index is 12.5.